The van der Waals surface area contributed by atoms with Crippen LogP contribution in [0.2, 0.25) is 0 Å². The third kappa shape index (κ3) is 4.31. The van der Waals surface area contributed by atoms with Gasteiger partial charge in [-0.15, -0.1) is 11.3 Å². The van der Waals surface area contributed by atoms with E-state index in [1.165, 1.54) is 11.3 Å². The zero-order valence-corrected chi connectivity index (χ0v) is 17.1. The van der Waals surface area contributed by atoms with Gasteiger partial charge in [0.25, 0.3) is 5.91 Å². The van der Waals surface area contributed by atoms with Crippen LogP contribution in [0.15, 0.2) is 48.5 Å². The monoisotopic (exact) mass is 410 g/mol. The molecule has 2 heterocycles. The number of rotatable bonds is 4. The topological polar surface area (TPSA) is 68.7 Å². The average molecular weight is 410 g/mol. The second-order valence-electron chi connectivity index (χ2n) is 7.16. The van der Waals surface area contributed by atoms with E-state index in [4.69, 9.17) is 9.47 Å². The molecule has 0 saturated carbocycles. The zero-order chi connectivity index (χ0) is 20.4. The number of esters is 1. The second kappa shape index (κ2) is 8.31. The first-order valence-corrected chi connectivity index (χ1v) is 10.4. The van der Waals surface area contributed by atoms with Gasteiger partial charge in [0.15, 0.2) is 6.61 Å². The Morgan fingerprint density at radius 1 is 1.10 bits per heavy atom. The molecule has 4 rings (SSSR count). The number of carbonyl (C=O) groups is 2. The van der Waals surface area contributed by atoms with Gasteiger partial charge in [-0.2, -0.15) is 0 Å². The van der Waals surface area contributed by atoms with Crippen molar-refractivity contribution in [3.05, 3.63) is 54.1 Å². The number of amides is 1. The van der Waals surface area contributed by atoms with Gasteiger partial charge in [-0.1, -0.05) is 30.3 Å². The Balaban J connectivity index is 1.49. The molecule has 1 amide bonds. The molecule has 7 heteroatoms. The van der Waals surface area contributed by atoms with Crippen LogP contribution < -0.4 is 0 Å². The van der Waals surface area contributed by atoms with Gasteiger partial charge < -0.3 is 14.4 Å². The zero-order valence-electron chi connectivity index (χ0n) is 16.3. The van der Waals surface area contributed by atoms with E-state index in [1.54, 1.807) is 17.0 Å². The van der Waals surface area contributed by atoms with Gasteiger partial charge >= 0.3 is 5.97 Å². The van der Waals surface area contributed by atoms with E-state index in [9.17, 15) is 9.59 Å². The molecular weight excluding hydrogens is 388 g/mol. The molecule has 29 heavy (non-hydrogen) atoms. The number of benzene rings is 2. The highest BCUT2D eigenvalue weighted by Gasteiger charge is 2.27. The fourth-order valence-corrected chi connectivity index (χ4v) is 4.52. The summed E-state index contributed by atoms with van der Waals surface area (Å²) in [5.74, 6) is -0.736. The molecule has 3 aromatic rings. The number of fused-ring (bicyclic) bond motifs is 1. The Kier molecular flexibility index (Phi) is 5.60. The highest BCUT2D eigenvalue weighted by Crippen LogP contribution is 2.32. The molecule has 6 nitrogen and oxygen atoms in total. The first-order valence-electron chi connectivity index (χ1n) is 9.56. The third-order valence-electron chi connectivity index (χ3n) is 4.77. The molecule has 1 aliphatic rings. The molecule has 1 fully saturated rings. The molecule has 2 aromatic carbocycles. The normalized spacial score (nSPS) is 19.3. The van der Waals surface area contributed by atoms with Gasteiger partial charge in [0.1, 0.15) is 5.01 Å². The van der Waals surface area contributed by atoms with Crippen molar-refractivity contribution in [3.63, 3.8) is 0 Å². The van der Waals surface area contributed by atoms with Gasteiger partial charge in [0, 0.05) is 18.7 Å². The number of carbonyl (C=O) groups excluding carboxylic acids is 2. The van der Waals surface area contributed by atoms with Crippen molar-refractivity contribution >= 4 is 33.4 Å². The van der Waals surface area contributed by atoms with Crippen LogP contribution in [-0.2, 0) is 14.3 Å². The Labute approximate surface area is 173 Å². The number of hydrogen-bond donors (Lipinski definition) is 0. The lowest BCUT2D eigenvalue weighted by Crippen LogP contribution is -2.49. The second-order valence-corrected chi connectivity index (χ2v) is 8.20. The molecule has 2 unspecified atom stereocenters. The Morgan fingerprint density at radius 2 is 1.79 bits per heavy atom. The minimum atomic E-state index is -0.525. The van der Waals surface area contributed by atoms with Crippen molar-refractivity contribution in [2.75, 3.05) is 19.7 Å². The summed E-state index contributed by atoms with van der Waals surface area (Å²) in [6.45, 7) is 4.57. The lowest BCUT2D eigenvalue weighted by Gasteiger charge is -2.35. The summed E-state index contributed by atoms with van der Waals surface area (Å²) in [5.41, 5.74) is 2.00. The van der Waals surface area contributed by atoms with E-state index >= 15 is 0 Å². The highest BCUT2D eigenvalue weighted by molar-refractivity contribution is 7.21. The first-order chi connectivity index (χ1) is 14.0. The largest absolute Gasteiger partial charge is 0.452 e. The number of ether oxygens (including phenoxy) is 2. The minimum Gasteiger partial charge on any atom is -0.452 e. The molecule has 1 saturated heterocycles. The summed E-state index contributed by atoms with van der Waals surface area (Å²) in [6.07, 6.45) is -0.0590. The van der Waals surface area contributed by atoms with Crippen LogP contribution in [0.5, 0.6) is 0 Å². The average Bonchev–Trinajstić information content (AvgIpc) is 3.15. The van der Waals surface area contributed by atoms with E-state index < -0.39 is 5.97 Å². The standard InChI is InChI=1S/C22H22N2O4S/c1-14-11-24(12-15(2)28-14)20(25)13-27-22(26)17-8-4-3-7-16(17)21-23-18-9-5-6-10-19(18)29-21/h3-10,14-15H,11-13H2,1-2H3. The van der Waals surface area contributed by atoms with Gasteiger partial charge in [0.05, 0.1) is 28.0 Å². The molecule has 0 radical (unpaired) electrons. The van der Waals surface area contributed by atoms with Crippen molar-refractivity contribution in [3.8, 4) is 10.6 Å². The smallest absolute Gasteiger partial charge is 0.339 e. The van der Waals surface area contributed by atoms with E-state index in [2.05, 4.69) is 4.98 Å². The summed E-state index contributed by atoms with van der Waals surface area (Å²) < 4.78 is 12.1. The van der Waals surface area contributed by atoms with E-state index in [0.717, 1.165) is 15.2 Å². The summed E-state index contributed by atoms with van der Waals surface area (Å²) in [6, 6.07) is 15.0. The molecule has 1 aromatic heterocycles. The minimum absolute atomic E-state index is 0.0295. The molecule has 0 N–H and O–H groups in total. The first kappa shape index (κ1) is 19.5. The van der Waals surface area contributed by atoms with Gasteiger partial charge in [0.2, 0.25) is 0 Å². The maximum Gasteiger partial charge on any atom is 0.339 e. The lowest BCUT2D eigenvalue weighted by atomic mass is 10.1. The van der Waals surface area contributed by atoms with Gasteiger partial charge in [-0.3, -0.25) is 4.79 Å². The van der Waals surface area contributed by atoms with Crippen molar-refractivity contribution in [1.82, 2.24) is 9.88 Å². The predicted molar refractivity (Wildman–Crippen MR) is 112 cm³/mol. The summed E-state index contributed by atoms with van der Waals surface area (Å²) in [7, 11) is 0. The van der Waals surface area contributed by atoms with Crippen LogP contribution in [0.3, 0.4) is 0 Å². The summed E-state index contributed by atoms with van der Waals surface area (Å²) in [4.78, 5) is 31.5. The summed E-state index contributed by atoms with van der Waals surface area (Å²) >= 11 is 1.52. The molecule has 150 valence electrons. The van der Waals surface area contributed by atoms with Crippen molar-refractivity contribution in [2.24, 2.45) is 0 Å². The fraction of sp³-hybridized carbons (Fsp3) is 0.318. The molecule has 0 bridgehead atoms. The molecule has 2 atom stereocenters. The Bertz CT molecular complexity index is 1000. The highest BCUT2D eigenvalue weighted by atomic mass is 32.1. The SMILES string of the molecule is CC1CN(C(=O)COC(=O)c2ccccc2-c2nc3ccccc3s2)CC(C)O1. The Morgan fingerprint density at radius 3 is 2.55 bits per heavy atom. The van der Waals surface area contributed by atoms with E-state index in [1.807, 2.05) is 50.2 Å². The van der Waals surface area contributed by atoms with Crippen LogP contribution >= 0.6 is 11.3 Å². The van der Waals surface area contributed by atoms with Crippen molar-refractivity contribution < 1.29 is 19.1 Å². The van der Waals surface area contributed by atoms with Crippen molar-refractivity contribution in [2.45, 2.75) is 26.1 Å². The van der Waals surface area contributed by atoms with Crippen LogP contribution in [-0.4, -0.2) is 53.7 Å². The lowest BCUT2D eigenvalue weighted by molar-refractivity contribution is -0.146. The Hall–Kier alpha value is -2.77. The number of morpholine rings is 1. The van der Waals surface area contributed by atoms with Crippen LogP contribution in [0.4, 0.5) is 0 Å². The number of nitrogens with zero attached hydrogens (tertiary/aromatic N) is 2. The van der Waals surface area contributed by atoms with E-state index in [-0.39, 0.29) is 24.7 Å². The third-order valence-corrected chi connectivity index (χ3v) is 5.84. The van der Waals surface area contributed by atoms with Crippen LogP contribution in [0.25, 0.3) is 20.8 Å². The maximum atomic E-state index is 12.7. The maximum absolute atomic E-state index is 12.7. The molecular formula is C22H22N2O4S. The molecule has 0 spiro atoms. The molecule has 1 aliphatic heterocycles. The number of thiazole rings is 1. The molecule has 0 aliphatic carbocycles. The van der Waals surface area contributed by atoms with Crippen LogP contribution in [0, 0.1) is 0 Å². The number of aromatic nitrogens is 1. The number of hydrogen-bond acceptors (Lipinski definition) is 6. The van der Waals surface area contributed by atoms with Gasteiger partial charge in [-0.25, -0.2) is 9.78 Å². The van der Waals surface area contributed by atoms with E-state index in [0.29, 0.717) is 24.2 Å². The quantitative estimate of drug-likeness (QED) is 0.613. The van der Waals surface area contributed by atoms with Gasteiger partial charge in [-0.05, 0) is 32.0 Å². The fourth-order valence-electron chi connectivity index (χ4n) is 3.51. The summed E-state index contributed by atoms with van der Waals surface area (Å²) in [5, 5.41) is 0.751. The predicted octanol–water partition coefficient (Wildman–Crippen LogP) is 3.76. The van der Waals surface area contributed by atoms with Crippen LogP contribution in [0.1, 0.15) is 24.2 Å². The van der Waals surface area contributed by atoms with Crippen molar-refractivity contribution in [1.29, 1.82) is 0 Å². The number of para-hydroxylation sites is 1.